The highest BCUT2D eigenvalue weighted by Crippen LogP contribution is 2.42. The average Bonchev–Trinajstić information content (AvgIpc) is 3.33. The highest BCUT2D eigenvalue weighted by atomic mass is 15.1. The Balaban J connectivity index is 1.19. The van der Waals surface area contributed by atoms with Gasteiger partial charge in [-0.2, -0.15) is 0 Å². The molecule has 0 aliphatic carbocycles. The number of aryl methyl sites for hydroxylation is 1. The molecule has 0 saturated carbocycles. The zero-order valence-corrected chi connectivity index (χ0v) is 42.4. The Kier molecular flexibility index (Phi) is 13.7. The van der Waals surface area contributed by atoms with E-state index in [-0.39, 0.29) is 16.2 Å². The highest BCUT2D eigenvalue weighted by molar-refractivity contribution is 6.04. The van der Waals surface area contributed by atoms with E-state index in [2.05, 4.69) is 280 Å². The van der Waals surface area contributed by atoms with E-state index < -0.39 is 0 Å². The topological polar surface area (TPSA) is 6.48 Å². The molecule has 8 aromatic rings. The maximum absolute atomic E-state index is 4.70. The minimum Gasteiger partial charge on any atom is -0.311 e. The third-order valence-corrected chi connectivity index (χ3v) is 13.2. The van der Waals surface area contributed by atoms with Crippen molar-refractivity contribution in [2.24, 2.45) is 0 Å². The smallest absolute Gasteiger partial charge is 0.0540 e. The molecule has 0 atom stereocenters. The molecule has 2 nitrogen and oxygen atoms in total. The van der Waals surface area contributed by atoms with Crippen LogP contribution in [0.1, 0.15) is 95.7 Å². The Hall–Kier alpha value is -7.42. The van der Waals surface area contributed by atoms with Gasteiger partial charge in [0, 0.05) is 33.8 Å². The first kappa shape index (κ1) is 48.1. The molecule has 0 heterocycles. The van der Waals surface area contributed by atoms with Gasteiger partial charge in [-0.05, 0) is 139 Å². The number of benzene rings is 8. The van der Waals surface area contributed by atoms with Crippen molar-refractivity contribution < 1.29 is 0 Å². The van der Waals surface area contributed by atoms with Crippen LogP contribution in [0.25, 0.3) is 45.2 Å². The maximum atomic E-state index is 4.70. The Bertz CT molecular complexity index is 3120. The van der Waals surface area contributed by atoms with Crippen LogP contribution in [0.5, 0.6) is 0 Å². The van der Waals surface area contributed by atoms with Crippen LogP contribution in [0, 0.1) is 6.92 Å². The van der Waals surface area contributed by atoms with E-state index >= 15 is 0 Å². The van der Waals surface area contributed by atoms with E-state index in [0.29, 0.717) is 0 Å². The molecule has 69 heavy (non-hydrogen) atoms. The molecule has 0 unspecified atom stereocenters. The van der Waals surface area contributed by atoms with Crippen LogP contribution in [-0.2, 0) is 16.2 Å². The van der Waals surface area contributed by atoms with Gasteiger partial charge in [-0.1, -0.05) is 227 Å². The van der Waals surface area contributed by atoms with Crippen LogP contribution in [0.3, 0.4) is 0 Å². The minimum atomic E-state index is 0.0365. The minimum absolute atomic E-state index is 0.0365. The number of rotatable bonds is 12. The largest absolute Gasteiger partial charge is 0.311 e. The number of anilines is 5. The number of hydrogen-bond donors (Lipinski definition) is 0. The monoisotopic (exact) mass is 901 g/mol. The molecule has 0 bridgehead atoms. The van der Waals surface area contributed by atoms with Crippen molar-refractivity contribution in [2.75, 3.05) is 9.80 Å². The predicted octanol–water partition coefficient (Wildman–Crippen LogP) is 19.4. The quantitative estimate of drug-likeness (QED) is 0.113. The molecule has 0 saturated heterocycles. The van der Waals surface area contributed by atoms with Gasteiger partial charge >= 0.3 is 0 Å². The lowest BCUT2D eigenvalue weighted by Gasteiger charge is -2.28. The van der Waals surface area contributed by atoms with Crippen LogP contribution in [0.15, 0.2) is 213 Å². The molecule has 0 aliphatic rings. The fraction of sp³-hybridized carbons (Fsp3) is 0.194. The van der Waals surface area contributed by atoms with E-state index in [1.54, 1.807) is 0 Å². The SMILES string of the molecule is C=C/C=C\c1c(/C=C\C(=C)N(c2ccc(-c3ccc(C)cc3)cc2)c2ccc(C(C)(C)C)cc2)ccc2c(N(c3ccc(-c4ccc(C(C)(C)C)cc4)cc3)c3ccc(C(C)(C)C)cc3)cccc12. The highest BCUT2D eigenvalue weighted by Gasteiger charge is 2.21. The van der Waals surface area contributed by atoms with Gasteiger partial charge in [-0.15, -0.1) is 0 Å². The zero-order valence-electron chi connectivity index (χ0n) is 42.4. The van der Waals surface area contributed by atoms with Gasteiger partial charge in [-0.25, -0.2) is 0 Å². The molecule has 8 aromatic carbocycles. The van der Waals surface area contributed by atoms with E-state index in [9.17, 15) is 0 Å². The van der Waals surface area contributed by atoms with Gasteiger partial charge in [-0.3, -0.25) is 0 Å². The predicted molar refractivity (Wildman–Crippen MR) is 303 cm³/mol. The summed E-state index contributed by atoms with van der Waals surface area (Å²) in [7, 11) is 0. The van der Waals surface area contributed by atoms with E-state index in [1.807, 2.05) is 12.2 Å². The third-order valence-electron chi connectivity index (χ3n) is 13.2. The van der Waals surface area contributed by atoms with Crippen LogP contribution in [0.2, 0.25) is 0 Å². The van der Waals surface area contributed by atoms with Gasteiger partial charge in [0.05, 0.1) is 5.69 Å². The van der Waals surface area contributed by atoms with Crippen molar-refractivity contribution in [1.29, 1.82) is 0 Å². The fourth-order valence-corrected chi connectivity index (χ4v) is 8.98. The Morgan fingerprint density at radius 3 is 1.30 bits per heavy atom. The lowest BCUT2D eigenvalue weighted by molar-refractivity contribution is 0.590. The summed E-state index contributed by atoms with van der Waals surface area (Å²) in [5, 5.41) is 2.29. The molecule has 2 heteroatoms. The number of allylic oxidation sites excluding steroid dienone is 3. The van der Waals surface area contributed by atoms with Crippen LogP contribution >= 0.6 is 0 Å². The molecule has 0 spiro atoms. The molecular formula is C67H68N2. The number of nitrogens with zero attached hydrogens (tertiary/aromatic N) is 2. The van der Waals surface area contributed by atoms with E-state index in [1.165, 1.54) is 44.5 Å². The molecule has 0 N–H and O–H groups in total. The van der Waals surface area contributed by atoms with Crippen molar-refractivity contribution in [3.8, 4) is 22.3 Å². The molecule has 0 amide bonds. The molecule has 0 aromatic heterocycles. The van der Waals surface area contributed by atoms with Crippen LogP contribution < -0.4 is 9.80 Å². The summed E-state index contributed by atoms with van der Waals surface area (Å²) in [5.41, 5.74) is 18.6. The van der Waals surface area contributed by atoms with Crippen molar-refractivity contribution in [2.45, 2.75) is 85.5 Å². The fourth-order valence-electron chi connectivity index (χ4n) is 8.98. The molecular weight excluding hydrogens is 833 g/mol. The second-order valence-electron chi connectivity index (χ2n) is 21.4. The molecule has 8 rings (SSSR count). The van der Waals surface area contributed by atoms with E-state index in [4.69, 9.17) is 6.58 Å². The lowest BCUT2D eigenvalue weighted by atomic mass is 9.86. The van der Waals surface area contributed by atoms with Crippen molar-refractivity contribution in [1.82, 2.24) is 0 Å². The molecule has 0 fully saturated rings. The molecule has 0 radical (unpaired) electrons. The normalized spacial score (nSPS) is 12.2. The Morgan fingerprint density at radius 2 is 0.841 bits per heavy atom. The Morgan fingerprint density at radius 1 is 0.435 bits per heavy atom. The summed E-state index contributed by atoms with van der Waals surface area (Å²) in [5.74, 6) is 0. The average molecular weight is 901 g/mol. The summed E-state index contributed by atoms with van der Waals surface area (Å²) < 4.78 is 0. The molecule has 346 valence electrons. The number of fused-ring (bicyclic) bond motifs is 1. The first-order valence-electron chi connectivity index (χ1n) is 24.3. The first-order valence-corrected chi connectivity index (χ1v) is 24.3. The first-order chi connectivity index (χ1) is 32.9. The second kappa shape index (κ2) is 19.7. The Labute approximate surface area is 413 Å². The van der Waals surface area contributed by atoms with Gasteiger partial charge in [0.1, 0.15) is 0 Å². The van der Waals surface area contributed by atoms with Crippen molar-refractivity contribution >= 4 is 51.4 Å². The van der Waals surface area contributed by atoms with E-state index in [0.717, 1.165) is 56.0 Å². The number of hydrogen-bond acceptors (Lipinski definition) is 2. The summed E-state index contributed by atoms with van der Waals surface area (Å²) >= 11 is 0. The summed E-state index contributed by atoms with van der Waals surface area (Å²) in [4.78, 5) is 4.64. The van der Waals surface area contributed by atoms with Gasteiger partial charge in [0.25, 0.3) is 0 Å². The second-order valence-corrected chi connectivity index (χ2v) is 21.4. The maximum Gasteiger partial charge on any atom is 0.0540 e. The molecule has 0 aliphatic heterocycles. The van der Waals surface area contributed by atoms with Crippen LogP contribution in [0.4, 0.5) is 28.4 Å². The standard InChI is InChI=1S/C67H68N2/c1-13-14-16-61-53(24-21-48(3)68(58-42-34-55(35-43-58)66(7,8)9)57-38-27-51(28-39-57)49-22-19-47(2)20-23-49)31-46-63-62(61)17-15-18-64(63)69(60-44-36-56(37-45-60)67(10,11)12)59-40-29-52(30-41-59)50-25-32-54(33-26-50)65(4,5)6/h13-46H,1,3H2,2,4-12H3/b16-14-,24-21-. The van der Waals surface area contributed by atoms with Crippen molar-refractivity contribution in [3.63, 3.8) is 0 Å². The summed E-state index contributed by atoms with van der Waals surface area (Å²) in [6.07, 6.45) is 10.4. The third kappa shape index (κ3) is 10.8. The van der Waals surface area contributed by atoms with Gasteiger partial charge in [0.15, 0.2) is 0 Å². The summed E-state index contributed by atoms with van der Waals surface area (Å²) in [6.45, 7) is 31.2. The van der Waals surface area contributed by atoms with Crippen LogP contribution in [-0.4, -0.2) is 0 Å². The lowest BCUT2D eigenvalue weighted by Crippen LogP contribution is -2.15. The van der Waals surface area contributed by atoms with Gasteiger partial charge in [0.2, 0.25) is 0 Å². The van der Waals surface area contributed by atoms with Crippen molar-refractivity contribution in [3.05, 3.63) is 246 Å². The zero-order chi connectivity index (χ0) is 49.1. The summed E-state index contributed by atoms with van der Waals surface area (Å²) in [6, 6.07) is 64.6. The van der Waals surface area contributed by atoms with Gasteiger partial charge < -0.3 is 9.80 Å².